The smallest absolute Gasteiger partial charge is 0.359 e. The molecule has 8 nitrogen and oxygen atoms in total. The van der Waals surface area contributed by atoms with Crippen LogP contribution in [0.3, 0.4) is 0 Å². The first-order valence-corrected chi connectivity index (χ1v) is 12.7. The van der Waals surface area contributed by atoms with E-state index in [-0.39, 0.29) is 17.7 Å². The molecular weight excluding hydrogens is 502 g/mol. The first-order chi connectivity index (χ1) is 17.4. The Morgan fingerprint density at radius 1 is 1.14 bits per heavy atom. The highest BCUT2D eigenvalue weighted by atomic mass is 35.5. The number of unbranched alkanes of at least 4 members (excludes halogenated alkanes) is 1. The largest absolute Gasteiger partial charge is 0.494 e. The number of hydrogen-bond acceptors (Lipinski definition) is 7. The summed E-state index contributed by atoms with van der Waals surface area (Å²) in [5.41, 5.74) is 0.240. The van der Waals surface area contributed by atoms with Crippen LogP contribution in [0, 0.1) is 0 Å². The average molecular weight is 526 g/mol. The number of nitrogens with one attached hydrogen (secondary N) is 1. The Morgan fingerprint density at radius 3 is 2.61 bits per heavy atom. The van der Waals surface area contributed by atoms with E-state index in [4.69, 9.17) is 21.1 Å². The highest BCUT2D eigenvalue weighted by Crippen LogP contribution is 2.31. The zero-order valence-electron chi connectivity index (χ0n) is 19.7. The van der Waals surface area contributed by atoms with Crippen molar-refractivity contribution < 1.29 is 19.1 Å². The van der Waals surface area contributed by atoms with Gasteiger partial charge in [-0.3, -0.25) is 9.59 Å². The number of ether oxygens (including phenoxy) is 2. The van der Waals surface area contributed by atoms with Crippen molar-refractivity contribution in [3.8, 4) is 11.4 Å². The van der Waals surface area contributed by atoms with Crippen molar-refractivity contribution in [3.05, 3.63) is 80.5 Å². The number of carbonyl (C=O) groups is 2. The number of rotatable bonds is 9. The van der Waals surface area contributed by atoms with Crippen molar-refractivity contribution in [1.29, 1.82) is 0 Å². The predicted molar refractivity (Wildman–Crippen MR) is 141 cm³/mol. The summed E-state index contributed by atoms with van der Waals surface area (Å²) in [6.45, 7) is 4.52. The van der Waals surface area contributed by atoms with Crippen molar-refractivity contribution in [2.45, 2.75) is 26.7 Å². The summed E-state index contributed by atoms with van der Waals surface area (Å²) in [7, 11) is 0. The highest BCUT2D eigenvalue weighted by molar-refractivity contribution is 7.16. The van der Waals surface area contributed by atoms with E-state index in [9.17, 15) is 14.4 Å². The van der Waals surface area contributed by atoms with Gasteiger partial charge in [-0.15, -0.1) is 11.3 Å². The predicted octanol–water partition coefficient (Wildman–Crippen LogP) is 5.71. The Hall–Kier alpha value is -3.69. The average Bonchev–Trinajstić information content (AvgIpc) is 3.29. The van der Waals surface area contributed by atoms with Crippen molar-refractivity contribution >= 4 is 50.6 Å². The number of aromatic nitrogens is 2. The molecule has 36 heavy (non-hydrogen) atoms. The molecule has 0 aliphatic heterocycles. The summed E-state index contributed by atoms with van der Waals surface area (Å²) in [5, 5.41) is 9.85. The monoisotopic (exact) mass is 525 g/mol. The van der Waals surface area contributed by atoms with Gasteiger partial charge in [0.1, 0.15) is 10.8 Å². The second kappa shape index (κ2) is 11.4. The molecule has 0 atom stereocenters. The molecule has 186 valence electrons. The maximum absolute atomic E-state index is 13.5. The zero-order chi connectivity index (χ0) is 25.7. The normalized spacial score (nSPS) is 10.9. The van der Waals surface area contributed by atoms with Crippen LogP contribution in [0.2, 0.25) is 5.02 Å². The zero-order valence-corrected chi connectivity index (χ0v) is 21.3. The molecule has 0 aliphatic rings. The van der Waals surface area contributed by atoms with E-state index in [1.165, 1.54) is 0 Å². The van der Waals surface area contributed by atoms with Crippen molar-refractivity contribution in [3.63, 3.8) is 0 Å². The van der Waals surface area contributed by atoms with Crippen LogP contribution < -0.4 is 15.6 Å². The third kappa shape index (κ3) is 5.42. The van der Waals surface area contributed by atoms with Gasteiger partial charge >= 0.3 is 5.97 Å². The summed E-state index contributed by atoms with van der Waals surface area (Å²) in [6, 6.07) is 13.3. The van der Waals surface area contributed by atoms with Crippen LogP contribution in [0.25, 0.3) is 16.5 Å². The minimum atomic E-state index is -0.674. The molecular formula is C26H24ClN3O5S. The summed E-state index contributed by atoms with van der Waals surface area (Å²) in [6.07, 6.45) is 1.98. The molecule has 0 spiro atoms. The van der Waals surface area contributed by atoms with E-state index in [2.05, 4.69) is 17.3 Å². The van der Waals surface area contributed by atoms with Crippen molar-refractivity contribution in [2.24, 2.45) is 0 Å². The Labute approximate surface area is 216 Å². The lowest BCUT2D eigenvalue weighted by Gasteiger charge is -2.10. The van der Waals surface area contributed by atoms with Gasteiger partial charge in [0.2, 0.25) is 0 Å². The molecule has 10 heteroatoms. The van der Waals surface area contributed by atoms with Crippen LogP contribution in [0.5, 0.6) is 5.75 Å². The second-order valence-electron chi connectivity index (χ2n) is 7.80. The topological polar surface area (TPSA) is 99.5 Å². The fraction of sp³-hybridized carbons (Fsp3) is 0.231. The SMILES string of the molecule is CCCCOc1ccc(C(=O)Nc2scc3c(C(=O)OCC)nn(-c4cccc(Cl)c4)c(=O)c23)cc1. The van der Waals surface area contributed by atoms with E-state index < -0.39 is 17.4 Å². The number of esters is 1. The fourth-order valence-electron chi connectivity index (χ4n) is 3.49. The van der Waals surface area contributed by atoms with Crippen molar-refractivity contribution in [2.75, 3.05) is 18.5 Å². The molecule has 0 aliphatic carbocycles. The maximum Gasteiger partial charge on any atom is 0.359 e. The summed E-state index contributed by atoms with van der Waals surface area (Å²) in [4.78, 5) is 39.1. The van der Waals surface area contributed by atoms with Crippen LogP contribution in [0.4, 0.5) is 5.00 Å². The maximum atomic E-state index is 13.5. The van der Waals surface area contributed by atoms with Gasteiger partial charge in [-0.25, -0.2) is 4.79 Å². The van der Waals surface area contributed by atoms with Gasteiger partial charge in [0.15, 0.2) is 5.69 Å². The van der Waals surface area contributed by atoms with Crippen LogP contribution >= 0.6 is 22.9 Å². The van der Waals surface area contributed by atoms with E-state index in [0.717, 1.165) is 28.9 Å². The number of thiophene rings is 1. The number of anilines is 1. The first kappa shape index (κ1) is 25.4. The molecule has 4 aromatic rings. The van der Waals surface area contributed by atoms with Gasteiger partial charge in [0.25, 0.3) is 11.5 Å². The lowest BCUT2D eigenvalue weighted by molar-refractivity contribution is 0.0520. The summed E-state index contributed by atoms with van der Waals surface area (Å²) >= 11 is 7.24. The molecule has 0 fully saturated rings. The Balaban J connectivity index is 1.72. The fourth-order valence-corrected chi connectivity index (χ4v) is 4.60. The quantitative estimate of drug-likeness (QED) is 0.222. The lowest BCUT2D eigenvalue weighted by Crippen LogP contribution is -2.25. The van der Waals surface area contributed by atoms with Gasteiger partial charge in [-0.1, -0.05) is 31.0 Å². The van der Waals surface area contributed by atoms with Gasteiger partial charge in [0, 0.05) is 21.4 Å². The van der Waals surface area contributed by atoms with Crippen LogP contribution in [0.15, 0.2) is 58.7 Å². The van der Waals surface area contributed by atoms with Gasteiger partial charge in [-0.05, 0) is 55.8 Å². The molecule has 1 N–H and O–H groups in total. The third-order valence-corrected chi connectivity index (χ3v) is 6.41. The van der Waals surface area contributed by atoms with E-state index in [0.29, 0.717) is 39.0 Å². The lowest BCUT2D eigenvalue weighted by atomic mass is 10.2. The molecule has 4 rings (SSSR count). The summed E-state index contributed by atoms with van der Waals surface area (Å²) < 4.78 is 11.9. The number of hydrogen-bond donors (Lipinski definition) is 1. The van der Waals surface area contributed by atoms with E-state index in [1.807, 2.05) is 0 Å². The number of amides is 1. The summed E-state index contributed by atoms with van der Waals surface area (Å²) in [5.74, 6) is -0.397. The minimum Gasteiger partial charge on any atom is -0.494 e. The Kier molecular flexibility index (Phi) is 8.02. The molecule has 1 amide bonds. The Bertz CT molecular complexity index is 1460. The van der Waals surface area contributed by atoms with E-state index >= 15 is 0 Å². The van der Waals surface area contributed by atoms with E-state index in [1.54, 1.807) is 60.8 Å². The highest BCUT2D eigenvalue weighted by Gasteiger charge is 2.23. The van der Waals surface area contributed by atoms with Gasteiger partial charge in [-0.2, -0.15) is 9.78 Å². The molecule has 0 saturated heterocycles. The van der Waals surface area contributed by atoms with Crippen LogP contribution in [-0.4, -0.2) is 34.9 Å². The second-order valence-corrected chi connectivity index (χ2v) is 9.12. The number of halogens is 1. The molecule has 2 aromatic heterocycles. The molecule has 0 bridgehead atoms. The van der Waals surface area contributed by atoms with Crippen LogP contribution in [0.1, 0.15) is 47.5 Å². The standard InChI is InChI=1S/C26H24ClN3O5S/c1-3-5-13-35-19-11-9-16(10-12-19)23(31)28-24-21-20(15-36-24)22(26(33)34-4-2)29-30(25(21)32)18-8-6-7-17(27)14-18/h6-12,14-15H,3-5,13H2,1-2H3,(H,28,31). The molecule has 0 radical (unpaired) electrons. The van der Waals surface area contributed by atoms with Crippen LogP contribution in [-0.2, 0) is 4.74 Å². The number of nitrogens with zero attached hydrogens (tertiary/aromatic N) is 2. The Morgan fingerprint density at radius 2 is 1.92 bits per heavy atom. The van der Waals surface area contributed by atoms with Gasteiger partial charge in [0.05, 0.1) is 24.3 Å². The van der Waals surface area contributed by atoms with Gasteiger partial charge < -0.3 is 14.8 Å². The number of carbonyl (C=O) groups excluding carboxylic acids is 2. The molecule has 0 saturated carbocycles. The molecule has 2 heterocycles. The first-order valence-electron chi connectivity index (χ1n) is 11.4. The molecule has 2 aromatic carbocycles. The number of benzene rings is 2. The number of fused-ring (bicyclic) bond motifs is 1. The third-order valence-electron chi connectivity index (χ3n) is 5.28. The van der Waals surface area contributed by atoms with Crippen molar-refractivity contribution in [1.82, 2.24) is 9.78 Å². The minimum absolute atomic E-state index is 0.0308. The molecule has 0 unspecified atom stereocenters.